The summed E-state index contributed by atoms with van der Waals surface area (Å²) in [6.07, 6.45) is 2.49. The normalized spacial score (nSPS) is 25.8. The summed E-state index contributed by atoms with van der Waals surface area (Å²) in [6, 6.07) is 8.86. The molecule has 0 aromatic heterocycles. The van der Waals surface area contributed by atoms with Crippen LogP contribution in [-0.2, 0) is 0 Å². The standard InChI is InChI=1S/C13H20N4/c1-16-12-5-3-2-4-11(12)15-13(16)17-8-6-10(14)7-9-17/h2-5,10,13,15H,6-9,14H2,1H3. The number of nitrogens with one attached hydrogen (secondary N) is 1. The van der Waals surface area contributed by atoms with Gasteiger partial charge in [-0.2, -0.15) is 0 Å². The Morgan fingerprint density at radius 1 is 1.24 bits per heavy atom. The van der Waals surface area contributed by atoms with Gasteiger partial charge >= 0.3 is 0 Å². The number of benzene rings is 1. The highest BCUT2D eigenvalue weighted by atomic mass is 15.5. The molecule has 2 heterocycles. The molecule has 2 aliphatic rings. The van der Waals surface area contributed by atoms with Crippen LogP contribution in [0.2, 0.25) is 0 Å². The molecule has 1 saturated heterocycles. The van der Waals surface area contributed by atoms with Crippen LogP contribution in [0.25, 0.3) is 0 Å². The molecule has 3 N–H and O–H groups in total. The molecule has 3 rings (SSSR count). The van der Waals surface area contributed by atoms with Crippen LogP contribution in [0.1, 0.15) is 12.8 Å². The molecule has 4 nitrogen and oxygen atoms in total. The minimum Gasteiger partial charge on any atom is -0.351 e. The fourth-order valence-electron chi connectivity index (χ4n) is 2.77. The van der Waals surface area contributed by atoms with E-state index in [1.807, 2.05) is 0 Å². The first-order chi connectivity index (χ1) is 8.25. The van der Waals surface area contributed by atoms with Crippen molar-refractivity contribution in [2.75, 3.05) is 30.4 Å². The zero-order chi connectivity index (χ0) is 11.8. The van der Waals surface area contributed by atoms with E-state index in [0.717, 1.165) is 25.9 Å². The van der Waals surface area contributed by atoms with Crippen molar-refractivity contribution in [3.05, 3.63) is 24.3 Å². The summed E-state index contributed by atoms with van der Waals surface area (Å²) in [6.45, 7) is 2.16. The number of para-hydroxylation sites is 2. The van der Waals surface area contributed by atoms with Crippen LogP contribution >= 0.6 is 0 Å². The predicted molar refractivity (Wildman–Crippen MR) is 71.0 cm³/mol. The lowest BCUT2D eigenvalue weighted by Gasteiger charge is -2.38. The second-order valence-electron chi connectivity index (χ2n) is 5.02. The maximum Gasteiger partial charge on any atom is 0.157 e. The Hall–Kier alpha value is -1.26. The SMILES string of the molecule is CN1c2ccccc2NC1N1CCC(N)CC1. The molecule has 1 atom stereocenters. The summed E-state index contributed by atoms with van der Waals surface area (Å²) in [5, 5.41) is 3.58. The molecule has 0 bridgehead atoms. The smallest absolute Gasteiger partial charge is 0.157 e. The molecule has 0 aliphatic carbocycles. The van der Waals surface area contributed by atoms with Crippen LogP contribution in [0, 0.1) is 0 Å². The van der Waals surface area contributed by atoms with Crippen molar-refractivity contribution in [3.8, 4) is 0 Å². The lowest BCUT2D eigenvalue weighted by molar-refractivity contribution is 0.170. The highest BCUT2D eigenvalue weighted by Crippen LogP contribution is 2.34. The van der Waals surface area contributed by atoms with E-state index in [1.165, 1.54) is 11.4 Å². The van der Waals surface area contributed by atoms with Gasteiger partial charge in [-0.05, 0) is 25.0 Å². The number of hydrogen-bond donors (Lipinski definition) is 2. The van der Waals surface area contributed by atoms with Gasteiger partial charge in [-0.1, -0.05) is 12.1 Å². The Labute approximate surface area is 102 Å². The Morgan fingerprint density at radius 3 is 2.65 bits per heavy atom. The lowest BCUT2D eigenvalue weighted by Crippen LogP contribution is -2.53. The van der Waals surface area contributed by atoms with Gasteiger partial charge in [0, 0.05) is 26.2 Å². The van der Waals surface area contributed by atoms with E-state index in [0.29, 0.717) is 12.3 Å². The number of rotatable bonds is 1. The monoisotopic (exact) mass is 232 g/mol. The van der Waals surface area contributed by atoms with Crippen LogP contribution < -0.4 is 16.0 Å². The lowest BCUT2D eigenvalue weighted by atomic mass is 10.1. The molecule has 92 valence electrons. The zero-order valence-electron chi connectivity index (χ0n) is 10.3. The number of anilines is 2. The molecule has 1 fully saturated rings. The van der Waals surface area contributed by atoms with Crippen LogP contribution in [0.5, 0.6) is 0 Å². The van der Waals surface area contributed by atoms with Crippen molar-refractivity contribution in [1.82, 2.24) is 4.90 Å². The minimum atomic E-state index is 0.292. The summed E-state index contributed by atoms with van der Waals surface area (Å²) in [5.41, 5.74) is 8.47. The van der Waals surface area contributed by atoms with Gasteiger partial charge in [0.25, 0.3) is 0 Å². The third kappa shape index (κ3) is 1.87. The van der Waals surface area contributed by atoms with Crippen LogP contribution in [0.3, 0.4) is 0 Å². The second-order valence-corrected chi connectivity index (χ2v) is 5.02. The maximum atomic E-state index is 5.95. The number of nitrogens with two attached hydrogens (primary N) is 1. The third-order valence-electron chi connectivity index (χ3n) is 3.86. The number of nitrogens with zero attached hydrogens (tertiary/aromatic N) is 2. The van der Waals surface area contributed by atoms with Gasteiger partial charge in [0.05, 0.1) is 11.4 Å². The molecular formula is C13H20N4. The number of fused-ring (bicyclic) bond motifs is 1. The van der Waals surface area contributed by atoms with E-state index in [2.05, 4.69) is 46.4 Å². The van der Waals surface area contributed by atoms with E-state index in [-0.39, 0.29) is 0 Å². The van der Waals surface area contributed by atoms with Gasteiger partial charge in [0.15, 0.2) is 6.29 Å². The molecular weight excluding hydrogens is 212 g/mol. The molecule has 1 aromatic carbocycles. The molecule has 1 aromatic rings. The van der Waals surface area contributed by atoms with Crippen molar-refractivity contribution >= 4 is 11.4 Å². The number of hydrogen-bond acceptors (Lipinski definition) is 4. The second kappa shape index (κ2) is 4.20. The van der Waals surface area contributed by atoms with Crippen molar-refractivity contribution in [2.24, 2.45) is 5.73 Å². The summed E-state index contributed by atoms with van der Waals surface area (Å²) in [4.78, 5) is 4.79. The fraction of sp³-hybridized carbons (Fsp3) is 0.538. The first kappa shape index (κ1) is 10.9. The highest BCUT2D eigenvalue weighted by molar-refractivity contribution is 5.75. The average Bonchev–Trinajstić information content (AvgIpc) is 2.69. The molecule has 0 spiro atoms. The Kier molecular flexibility index (Phi) is 2.68. The Bertz CT molecular complexity index is 398. The third-order valence-corrected chi connectivity index (χ3v) is 3.86. The highest BCUT2D eigenvalue weighted by Gasteiger charge is 2.31. The van der Waals surface area contributed by atoms with Crippen molar-refractivity contribution in [1.29, 1.82) is 0 Å². The molecule has 0 saturated carbocycles. The van der Waals surface area contributed by atoms with Crippen molar-refractivity contribution in [2.45, 2.75) is 25.2 Å². The number of piperidine rings is 1. The minimum absolute atomic E-state index is 0.292. The Balaban J connectivity index is 1.75. The Morgan fingerprint density at radius 2 is 1.94 bits per heavy atom. The van der Waals surface area contributed by atoms with Gasteiger partial charge < -0.3 is 16.0 Å². The van der Waals surface area contributed by atoms with Gasteiger partial charge in [-0.25, -0.2) is 0 Å². The average molecular weight is 232 g/mol. The largest absolute Gasteiger partial charge is 0.351 e. The summed E-state index contributed by atoms with van der Waals surface area (Å²) >= 11 is 0. The first-order valence-corrected chi connectivity index (χ1v) is 6.34. The van der Waals surface area contributed by atoms with E-state index in [1.54, 1.807) is 0 Å². The maximum absolute atomic E-state index is 5.95. The van der Waals surface area contributed by atoms with Gasteiger partial charge in [0.1, 0.15) is 0 Å². The summed E-state index contributed by atoms with van der Waals surface area (Å²) in [7, 11) is 2.15. The van der Waals surface area contributed by atoms with Crippen molar-refractivity contribution < 1.29 is 0 Å². The summed E-state index contributed by atoms with van der Waals surface area (Å²) < 4.78 is 0. The quantitative estimate of drug-likeness (QED) is 0.765. The van der Waals surface area contributed by atoms with E-state index in [4.69, 9.17) is 5.73 Å². The van der Waals surface area contributed by atoms with Crippen LogP contribution in [0.4, 0.5) is 11.4 Å². The molecule has 1 unspecified atom stereocenters. The van der Waals surface area contributed by atoms with E-state index < -0.39 is 0 Å². The first-order valence-electron chi connectivity index (χ1n) is 6.34. The van der Waals surface area contributed by atoms with Gasteiger partial charge in [-0.3, -0.25) is 4.90 Å². The molecule has 0 radical (unpaired) electrons. The van der Waals surface area contributed by atoms with Crippen LogP contribution in [-0.4, -0.2) is 37.4 Å². The van der Waals surface area contributed by atoms with E-state index in [9.17, 15) is 0 Å². The van der Waals surface area contributed by atoms with E-state index >= 15 is 0 Å². The summed E-state index contributed by atoms with van der Waals surface area (Å²) in [5.74, 6) is 0. The van der Waals surface area contributed by atoms with Crippen LogP contribution in [0.15, 0.2) is 24.3 Å². The topological polar surface area (TPSA) is 44.5 Å². The molecule has 17 heavy (non-hydrogen) atoms. The molecule has 2 aliphatic heterocycles. The van der Waals surface area contributed by atoms with Gasteiger partial charge in [0.2, 0.25) is 0 Å². The van der Waals surface area contributed by atoms with Gasteiger partial charge in [-0.15, -0.1) is 0 Å². The predicted octanol–water partition coefficient (Wildman–Crippen LogP) is 1.25. The van der Waals surface area contributed by atoms with Crippen molar-refractivity contribution in [3.63, 3.8) is 0 Å². The molecule has 0 amide bonds. The molecule has 4 heteroatoms. The number of likely N-dealkylation sites (tertiary alicyclic amines) is 1. The zero-order valence-corrected chi connectivity index (χ0v) is 10.3. The fourth-order valence-corrected chi connectivity index (χ4v) is 2.77.